The van der Waals surface area contributed by atoms with Crippen LogP contribution in [0.25, 0.3) is 0 Å². The Morgan fingerprint density at radius 2 is 1.95 bits per heavy atom. The third-order valence-electron chi connectivity index (χ3n) is 4.15. The van der Waals surface area contributed by atoms with Crippen molar-refractivity contribution < 1.29 is 9.47 Å². The van der Waals surface area contributed by atoms with Gasteiger partial charge in [-0.1, -0.05) is 18.2 Å². The van der Waals surface area contributed by atoms with Gasteiger partial charge in [-0.05, 0) is 31.9 Å². The number of benzene rings is 1. The molecule has 0 amide bonds. The Morgan fingerprint density at radius 1 is 1.24 bits per heavy atom. The van der Waals surface area contributed by atoms with E-state index in [0.29, 0.717) is 12.1 Å². The van der Waals surface area contributed by atoms with Crippen LogP contribution in [0, 0.1) is 0 Å². The summed E-state index contributed by atoms with van der Waals surface area (Å²) in [5, 5.41) is 3.64. The van der Waals surface area contributed by atoms with Crippen LogP contribution in [0.5, 0.6) is 5.75 Å². The minimum Gasteiger partial charge on any atom is -0.496 e. The molecule has 21 heavy (non-hydrogen) atoms. The van der Waals surface area contributed by atoms with Gasteiger partial charge in [0.05, 0.1) is 20.3 Å². The summed E-state index contributed by atoms with van der Waals surface area (Å²) < 4.78 is 10.8. The van der Waals surface area contributed by atoms with Gasteiger partial charge in [-0.15, -0.1) is 0 Å². The van der Waals surface area contributed by atoms with Gasteiger partial charge in [-0.3, -0.25) is 4.90 Å². The minimum absolute atomic E-state index is 0.435. The van der Waals surface area contributed by atoms with Gasteiger partial charge in [-0.25, -0.2) is 0 Å². The second-order valence-corrected chi connectivity index (χ2v) is 5.82. The molecule has 0 radical (unpaired) electrons. The topological polar surface area (TPSA) is 33.7 Å². The quantitative estimate of drug-likeness (QED) is 0.833. The average molecular weight is 292 g/mol. The highest BCUT2D eigenvalue weighted by molar-refractivity contribution is 5.33. The molecular weight excluding hydrogens is 264 g/mol. The lowest BCUT2D eigenvalue weighted by Crippen LogP contribution is -2.47. The molecule has 118 valence electrons. The molecule has 2 rings (SSSR count). The number of ether oxygens (including phenoxy) is 2. The molecule has 2 atom stereocenters. The van der Waals surface area contributed by atoms with Crippen LogP contribution in [0.4, 0.5) is 0 Å². The maximum atomic E-state index is 5.42. The molecule has 1 aromatic carbocycles. The van der Waals surface area contributed by atoms with E-state index < -0.39 is 0 Å². The van der Waals surface area contributed by atoms with Crippen molar-refractivity contribution in [3.05, 3.63) is 29.8 Å². The molecule has 1 fully saturated rings. The van der Waals surface area contributed by atoms with E-state index in [1.54, 1.807) is 7.11 Å². The zero-order valence-electron chi connectivity index (χ0n) is 13.5. The molecule has 1 N–H and O–H groups in total. The fourth-order valence-corrected chi connectivity index (χ4v) is 2.79. The van der Waals surface area contributed by atoms with E-state index in [1.807, 2.05) is 12.1 Å². The van der Waals surface area contributed by atoms with Gasteiger partial charge in [0.15, 0.2) is 0 Å². The Hall–Kier alpha value is -1.10. The molecule has 1 aliphatic rings. The average Bonchev–Trinajstić information content (AvgIpc) is 2.54. The van der Waals surface area contributed by atoms with Crippen molar-refractivity contribution >= 4 is 0 Å². The number of nitrogens with zero attached hydrogens (tertiary/aromatic N) is 1. The third kappa shape index (κ3) is 4.99. The predicted octanol–water partition coefficient (Wildman–Crippen LogP) is 1.94. The summed E-state index contributed by atoms with van der Waals surface area (Å²) in [6.45, 7) is 9.35. The SMILES string of the molecule is COc1ccccc1C[C@@H](C)NC[C@H](C)N1CCOCC1. The normalized spacial score (nSPS) is 19.2. The summed E-state index contributed by atoms with van der Waals surface area (Å²) in [5.41, 5.74) is 1.26. The monoisotopic (exact) mass is 292 g/mol. The molecule has 0 aromatic heterocycles. The summed E-state index contributed by atoms with van der Waals surface area (Å²) in [5.74, 6) is 0.979. The van der Waals surface area contributed by atoms with Crippen LogP contribution in [0.1, 0.15) is 19.4 Å². The second-order valence-electron chi connectivity index (χ2n) is 5.82. The highest BCUT2D eigenvalue weighted by Gasteiger charge is 2.17. The first-order valence-corrected chi connectivity index (χ1v) is 7.87. The van der Waals surface area contributed by atoms with E-state index in [1.165, 1.54) is 5.56 Å². The van der Waals surface area contributed by atoms with Crippen LogP contribution in [0.15, 0.2) is 24.3 Å². The summed E-state index contributed by atoms with van der Waals surface area (Å²) in [7, 11) is 1.73. The first-order chi connectivity index (χ1) is 10.2. The molecule has 1 heterocycles. The lowest BCUT2D eigenvalue weighted by atomic mass is 10.1. The Bertz CT molecular complexity index is 419. The zero-order chi connectivity index (χ0) is 15.1. The van der Waals surface area contributed by atoms with Gasteiger partial charge in [0.2, 0.25) is 0 Å². The predicted molar refractivity (Wildman–Crippen MR) is 86.0 cm³/mol. The number of morpholine rings is 1. The van der Waals surface area contributed by atoms with Crippen molar-refractivity contribution in [2.24, 2.45) is 0 Å². The summed E-state index contributed by atoms with van der Waals surface area (Å²) in [6, 6.07) is 9.24. The Morgan fingerprint density at radius 3 is 2.67 bits per heavy atom. The molecule has 4 nitrogen and oxygen atoms in total. The number of hydrogen-bond donors (Lipinski definition) is 1. The van der Waals surface area contributed by atoms with E-state index in [2.05, 4.69) is 36.2 Å². The first kappa shape index (κ1) is 16.3. The van der Waals surface area contributed by atoms with Crippen molar-refractivity contribution in [2.75, 3.05) is 40.0 Å². The van der Waals surface area contributed by atoms with E-state index >= 15 is 0 Å². The molecule has 0 unspecified atom stereocenters. The van der Waals surface area contributed by atoms with Crippen LogP contribution in [-0.2, 0) is 11.2 Å². The number of hydrogen-bond acceptors (Lipinski definition) is 4. The second kappa shape index (κ2) is 8.37. The molecular formula is C17H28N2O2. The van der Waals surface area contributed by atoms with E-state index in [9.17, 15) is 0 Å². The van der Waals surface area contributed by atoms with Gasteiger partial charge in [0.1, 0.15) is 5.75 Å². The molecule has 0 bridgehead atoms. The molecule has 4 heteroatoms. The smallest absolute Gasteiger partial charge is 0.122 e. The number of para-hydroxylation sites is 1. The van der Waals surface area contributed by atoms with Gasteiger partial charge < -0.3 is 14.8 Å². The van der Waals surface area contributed by atoms with Crippen LogP contribution in [0.3, 0.4) is 0 Å². The summed E-state index contributed by atoms with van der Waals surface area (Å²) in [6.07, 6.45) is 0.986. The molecule has 1 aliphatic heterocycles. The van der Waals surface area contributed by atoms with Crippen molar-refractivity contribution in [1.29, 1.82) is 0 Å². The molecule has 1 aromatic rings. The molecule has 0 aliphatic carbocycles. The third-order valence-corrected chi connectivity index (χ3v) is 4.15. The lowest BCUT2D eigenvalue weighted by molar-refractivity contribution is 0.0200. The van der Waals surface area contributed by atoms with Crippen molar-refractivity contribution in [1.82, 2.24) is 10.2 Å². The van der Waals surface area contributed by atoms with E-state index in [-0.39, 0.29) is 0 Å². The molecule has 0 saturated carbocycles. The van der Waals surface area contributed by atoms with Crippen molar-refractivity contribution in [2.45, 2.75) is 32.4 Å². The highest BCUT2D eigenvalue weighted by Crippen LogP contribution is 2.18. The highest BCUT2D eigenvalue weighted by atomic mass is 16.5. The van der Waals surface area contributed by atoms with Crippen molar-refractivity contribution in [3.63, 3.8) is 0 Å². The van der Waals surface area contributed by atoms with Crippen LogP contribution < -0.4 is 10.1 Å². The number of nitrogens with one attached hydrogen (secondary N) is 1. The van der Waals surface area contributed by atoms with Gasteiger partial charge in [0, 0.05) is 31.7 Å². The molecule has 0 spiro atoms. The minimum atomic E-state index is 0.435. The van der Waals surface area contributed by atoms with Crippen LogP contribution in [0.2, 0.25) is 0 Å². The van der Waals surface area contributed by atoms with Gasteiger partial charge in [-0.2, -0.15) is 0 Å². The van der Waals surface area contributed by atoms with Crippen LogP contribution in [-0.4, -0.2) is 56.9 Å². The summed E-state index contributed by atoms with van der Waals surface area (Å²) in [4.78, 5) is 2.49. The zero-order valence-corrected chi connectivity index (χ0v) is 13.5. The van der Waals surface area contributed by atoms with E-state index in [4.69, 9.17) is 9.47 Å². The lowest BCUT2D eigenvalue weighted by Gasteiger charge is -2.33. The number of rotatable bonds is 7. The van der Waals surface area contributed by atoms with Crippen LogP contribution >= 0.6 is 0 Å². The standard InChI is InChI=1S/C17H28N2O2/c1-14(12-16-6-4-5-7-17(16)20-3)18-13-15(2)19-8-10-21-11-9-19/h4-7,14-15,18H,8-13H2,1-3H3/t14-,15+/m1/s1. The van der Waals surface area contributed by atoms with E-state index in [0.717, 1.165) is 45.0 Å². The Balaban J connectivity index is 1.77. The van der Waals surface area contributed by atoms with Gasteiger partial charge in [0.25, 0.3) is 0 Å². The van der Waals surface area contributed by atoms with Crippen molar-refractivity contribution in [3.8, 4) is 5.75 Å². The fourth-order valence-electron chi connectivity index (χ4n) is 2.79. The van der Waals surface area contributed by atoms with Gasteiger partial charge >= 0.3 is 0 Å². The maximum Gasteiger partial charge on any atom is 0.122 e. The first-order valence-electron chi connectivity index (χ1n) is 7.87. The molecule has 1 saturated heterocycles. The summed E-state index contributed by atoms with van der Waals surface area (Å²) >= 11 is 0. The Labute approximate surface area is 128 Å². The number of methoxy groups -OCH3 is 1. The maximum absolute atomic E-state index is 5.42. The largest absolute Gasteiger partial charge is 0.496 e. The Kier molecular flexibility index (Phi) is 6.49. The fraction of sp³-hybridized carbons (Fsp3) is 0.647.